The van der Waals surface area contributed by atoms with E-state index in [1.807, 2.05) is 65.4 Å². The lowest BCUT2D eigenvalue weighted by Crippen LogP contribution is -2.30. The maximum Gasteiger partial charge on any atom is 0.142 e. The average molecular weight is 319 g/mol. The summed E-state index contributed by atoms with van der Waals surface area (Å²) in [5, 5.41) is 4.45. The minimum Gasteiger partial charge on any atom is -0.490 e. The second kappa shape index (κ2) is 6.58. The molecule has 1 unspecified atom stereocenters. The maximum absolute atomic E-state index is 5.87. The molecule has 0 bridgehead atoms. The van der Waals surface area contributed by atoms with Crippen LogP contribution in [-0.2, 0) is 11.4 Å². The highest BCUT2D eigenvalue weighted by Gasteiger charge is 2.28. The molecule has 5 heteroatoms. The Morgan fingerprint density at radius 2 is 1.96 bits per heavy atom. The van der Waals surface area contributed by atoms with E-state index in [1.54, 1.807) is 12.5 Å². The zero-order valence-corrected chi connectivity index (χ0v) is 13.1. The summed E-state index contributed by atoms with van der Waals surface area (Å²) in [6.45, 7) is 0.935. The molecule has 2 heterocycles. The topological polar surface area (TPSA) is 48.6 Å². The van der Waals surface area contributed by atoms with Gasteiger partial charge in [0.05, 0.1) is 6.33 Å². The largest absolute Gasteiger partial charge is 0.490 e. The molecular formula is C19H17N3O2. The predicted molar refractivity (Wildman–Crippen MR) is 91.0 cm³/mol. The first kappa shape index (κ1) is 14.5. The van der Waals surface area contributed by atoms with Crippen LogP contribution in [0.5, 0.6) is 5.75 Å². The van der Waals surface area contributed by atoms with E-state index in [9.17, 15) is 0 Å². The molecule has 0 aliphatic carbocycles. The molecule has 24 heavy (non-hydrogen) atoms. The normalized spacial score (nSPS) is 18.0. The van der Waals surface area contributed by atoms with Gasteiger partial charge >= 0.3 is 0 Å². The van der Waals surface area contributed by atoms with Gasteiger partial charge in [0.1, 0.15) is 30.7 Å². The lowest BCUT2D eigenvalue weighted by molar-refractivity contribution is 0.127. The summed E-state index contributed by atoms with van der Waals surface area (Å²) in [5.74, 6) is 0.830. The predicted octanol–water partition coefficient (Wildman–Crippen LogP) is 3.44. The third kappa shape index (κ3) is 2.88. The van der Waals surface area contributed by atoms with Crippen molar-refractivity contribution in [3.8, 4) is 5.75 Å². The Kier molecular flexibility index (Phi) is 3.98. The van der Waals surface area contributed by atoms with E-state index in [-0.39, 0.29) is 6.04 Å². The summed E-state index contributed by atoms with van der Waals surface area (Å²) in [6, 6.07) is 17.8. The number of aromatic nitrogens is 2. The molecular weight excluding hydrogens is 302 g/mol. The second-order valence-corrected chi connectivity index (χ2v) is 5.57. The Hall–Kier alpha value is -3.08. The molecule has 120 valence electrons. The summed E-state index contributed by atoms with van der Waals surface area (Å²) >= 11 is 0. The summed E-state index contributed by atoms with van der Waals surface area (Å²) in [4.78, 5) is 9.77. The van der Waals surface area contributed by atoms with E-state index >= 15 is 0 Å². The van der Waals surface area contributed by atoms with Gasteiger partial charge in [-0.3, -0.25) is 0 Å². The van der Waals surface area contributed by atoms with Crippen LogP contribution in [0.15, 0.2) is 78.5 Å². The van der Waals surface area contributed by atoms with Gasteiger partial charge in [-0.05, 0) is 17.7 Å². The number of hydrogen-bond acceptors (Lipinski definition) is 4. The van der Waals surface area contributed by atoms with Gasteiger partial charge in [0.2, 0.25) is 0 Å². The standard InChI is InChI=1S/C19H17N3O2/c1-2-6-15(7-3-1)12-24-21-19-16-8-4-5-9-18(16)23-13-17(19)22-11-10-20-14-22/h1-11,14,17H,12-13H2/b21-19+. The first-order valence-electron chi connectivity index (χ1n) is 7.85. The van der Waals surface area contributed by atoms with Crippen molar-refractivity contribution >= 4 is 5.71 Å². The number of rotatable bonds is 4. The molecule has 0 saturated heterocycles. The van der Waals surface area contributed by atoms with E-state index in [0.717, 1.165) is 22.6 Å². The van der Waals surface area contributed by atoms with Crippen molar-refractivity contribution in [3.63, 3.8) is 0 Å². The first-order chi connectivity index (χ1) is 11.9. The van der Waals surface area contributed by atoms with Crippen LogP contribution in [-0.4, -0.2) is 21.9 Å². The quantitative estimate of drug-likeness (QED) is 0.692. The van der Waals surface area contributed by atoms with Crippen molar-refractivity contribution in [1.82, 2.24) is 9.55 Å². The van der Waals surface area contributed by atoms with Gasteiger partial charge in [0.25, 0.3) is 0 Å². The average Bonchev–Trinajstić information content (AvgIpc) is 3.17. The summed E-state index contributed by atoms with van der Waals surface area (Å²) in [7, 11) is 0. The molecule has 1 aliphatic rings. The fraction of sp³-hybridized carbons (Fsp3) is 0.158. The second-order valence-electron chi connectivity index (χ2n) is 5.57. The highest BCUT2D eigenvalue weighted by atomic mass is 16.6. The molecule has 1 aliphatic heterocycles. The molecule has 0 fully saturated rings. The minimum absolute atomic E-state index is 0.0572. The van der Waals surface area contributed by atoms with Gasteiger partial charge < -0.3 is 14.1 Å². The van der Waals surface area contributed by atoms with Crippen molar-refractivity contribution in [2.24, 2.45) is 5.16 Å². The highest BCUT2D eigenvalue weighted by molar-refractivity contribution is 6.06. The molecule has 2 aromatic carbocycles. The zero-order valence-electron chi connectivity index (χ0n) is 13.1. The minimum atomic E-state index is -0.0572. The van der Waals surface area contributed by atoms with E-state index in [0.29, 0.717) is 13.2 Å². The molecule has 0 radical (unpaired) electrons. The number of ether oxygens (including phenoxy) is 1. The van der Waals surface area contributed by atoms with Crippen molar-refractivity contribution in [3.05, 3.63) is 84.4 Å². The molecule has 1 aromatic heterocycles. The fourth-order valence-corrected chi connectivity index (χ4v) is 2.77. The first-order valence-corrected chi connectivity index (χ1v) is 7.85. The van der Waals surface area contributed by atoms with Gasteiger partial charge in [0, 0.05) is 18.0 Å². The summed E-state index contributed by atoms with van der Waals surface area (Å²) in [5.41, 5.74) is 2.89. The number of oxime groups is 1. The smallest absolute Gasteiger partial charge is 0.142 e. The van der Waals surface area contributed by atoms with Crippen LogP contribution in [0.2, 0.25) is 0 Å². The van der Waals surface area contributed by atoms with Crippen molar-refractivity contribution in [2.75, 3.05) is 6.61 Å². The Balaban J connectivity index is 1.63. The van der Waals surface area contributed by atoms with Gasteiger partial charge in [-0.25, -0.2) is 4.98 Å². The zero-order chi connectivity index (χ0) is 16.2. The molecule has 4 rings (SSSR count). The Bertz CT molecular complexity index is 829. The molecule has 1 atom stereocenters. The molecule has 0 saturated carbocycles. The molecule has 5 nitrogen and oxygen atoms in total. The number of hydrogen-bond donors (Lipinski definition) is 0. The third-order valence-corrected chi connectivity index (χ3v) is 4.00. The van der Waals surface area contributed by atoms with E-state index in [4.69, 9.17) is 9.57 Å². The molecule has 0 amide bonds. The van der Waals surface area contributed by atoms with Crippen LogP contribution in [0.25, 0.3) is 0 Å². The highest BCUT2D eigenvalue weighted by Crippen LogP contribution is 2.30. The number of imidazole rings is 1. The van der Waals surface area contributed by atoms with Crippen LogP contribution >= 0.6 is 0 Å². The van der Waals surface area contributed by atoms with Crippen LogP contribution in [0, 0.1) is 0 Å². The van der Waals surface area contributed by atoms with Crippen LogP contribution in [0.1, 0.15) is 17.2 Å². The number of nitrogens with zero attached hydrogens (tertiary/aromatic N) is 3. The lowest BCUT2D eigenvalue weighted by atomic mass is 10.00. The number of para-hydroxylation sites is 1. The van der Waals surface area contributed by atoms with E-state index < -0.39 is 0 Å². The molecule has 3 aromatic rings. The number of fused-ring (bicyclic) bond motifs is 1. The van der Waals surface area contributed by atoms with Crippen LogP contribution in [0.3, 0.4) is 0 Å². The Morgan fingerprint density at radius 3 is 2.79 bits per heavy atom. The SMILES string of the molecule is c1ccc(CO/N=C2\c3ccccc3OCC2n2ccnc2)cc1. The Morgan fingerprint density at radius 1 is 1.12 bits per heavy atom. The van der Waals surface area contributed by atoms with Crippen molar-refractivity contribution in [2.45, 2.75) is 12.6 Å². The van der Waals surface area contributed by atoms with E-state index in [1.165, 1.54) is 0 Å². The lowest BCUT2D eigenvalue weighted by Gasteiger charge is -2.27. The van der Waals surface area contributed by atoms with Crippen molar-refractivity contribution in [1.29, 1.82) is 0 Å². The van der Waals surface area contributed by atoms with Crippen LogP contribution < -0.4 is 4.74 Å². The number of benzene rings is 2. The Labute approximate surface area is 140 Å². The van der Waals surface area contributed by atoms with Crippen molar-refractivity contribution < 1.29 is 9.57 Å². The van der Waals surface area contributed by atoms with Gasteiger partial charge in [-0.1, -0.05) is 47.6 Å². The molecule has 0 spiro atoms. The fourth-order valence-electron chi connectivity index (χ4n) is 2.77. The van der Waals surface area contributed by atoms with E-state index in [2.05, 4.69) is 10.1 Å². The summed E-state index contributed by atoms with van der Waals surface area (Å²) < 4.78 is 7.86. The van der Waals surface area contributed by atoms with Crippen LogP contribution in [0.4, 0.5) is 0 Å². The van der Waals surface area contributed by atoms with Gasteiger partial charge in [-0.2, -0.15) is 0 Å². The maximum atomic E-state index is 5.87. The molecule has 0 N–H and O–H groups in total. The third-order valence-electron chi connectivity index (χ3n) is 4.00. The van der Waals surface area contributed by atoms with Gasteiger partial charge in [-0.15, -0.1) is 0 Å². The van der Waals surface area contributed by atoms with Gasteiger partial charge in [0.15, 0.2) is 0 Å². The summed E-state index contributed by atoms with van der Waals surface area (Å²) in [6.07, 6.45) is 5.44. The monoisotopic (exact) mass is 319 g/mol.